The molecule has 1 fully saturated rings. The molecule has 8 nitrogen and oxygen atoms in total. The molecule has 1 aliphatic rings. The first-order valence-electron chi connectivity index (χ1n) is 7.28. The maximum absolute atomic E-state index is 12.3. The quantitative estimate of drug-likeness (QED) is 0.778. The van der Waals surface area contributed by atoms with Crippen LogP contribution in [0.3, 0.4) is 0 Å². The van der Waals surface area contributed by atoms with E-state index in [0.717, 1.165) is 25.0 Å². The molecule has 0 unspecified atom stereocenters. The standard InChI is InChI=1S/C14H17ClN2O6S/c1-2-23-12-8-9(14(19)20)11(15)7-10(12)13(18)16-24(21,22)17-5-3-4-6-17/h7-8H,2-6H2,1H3,(H,16,18)(H,19,20). The molecule has 1 aromatic carbocycles. The fourth-order valence-corrected chi connectivity index (χ4v) is 3.79. The third-order valence-corrected chi connectivity index (χ3v) is 5.27. The first kappa shape index (κ1) is 18.5. The second kappa shape index (κ2) is 7.37. The predicted octanol–water partition coefficient (Wildman–Crippen LogP) is 1.51. The van der Waals surface area contributed by atoms with Crippen LogP contribution in [0.15, 0.2) is 12.1 Å². The zero-order chi connectivity index (χ0) is 17.9. The van der Waals surface area contributed by atoms with Gasteiger partial charge in [-0.3, -0.25) is 4.79 Å². The highest BCUT2D eigenvalue weighted by molar-refractivity contribution is 7.87. The lowest BCUT2D eigenvalue weighted by Gasteiger charge is -2.17. The van der Waals surface area contributed by atoms with Gasteiger partial charge in [0.2, 0.25) is 0 Å². The Hall–Kier alpha value is -1.84. The van der Waals surface area contributed by atoms with E-state index >= 15 is 0 Å². The van der Waals surface area contributed by atoms with Crippen molar-refractivity contribution in [2.24, 2.45) is 0 Å². The van der Waals surface area contributed by atoms with Crippen LogP contribution in [0.4, 0.5) is 0 Å². The van der Waals surface area contributed by atoms with Crippen LogP contribution in [0, 0.1) is 0 Å². The van der Waals surface area contributed by atoms with Gasteiger partial charge in [-0.1, -0.05) is 11.6 Å². The number of halogens is 1. The molecule has 24 heavy (non-hydrogen) atoms. The Morgan fingerprint density at radius 1 is 1.29 bits per heavy atom. The molecule has 1 aliphatic heterocycles. The van der Waals surface area contributed by atoms with E-state index in [0.29, 0.717) is 13.1 Å². The minimum Gasteiger partial charge on any atom is -0.493 e. The summed E-state index contributed by atoms with van der Waals surface area (Å²) in [7, 11) is -3.96. The van der Waals surface area contributed by atoms with Gasteiger partial charge in [-0.2, -0.15) is 12.7 Å². The van der Waals surface area contributed by atoms with Gasteiger partial charge in [-0.05, 0) is 31.9 Å². The molecule has 0 bridgehead atoms. The molecule has 1 amide bonds. The molecule has 1 aromatic rings. The first-order chi connectivity index (χ1) is 11.3. The molecular formula is C14H17ClN2O6S. The molecule has 10 heteroatoms. The highest BCUT2D eigenvalue weighted by atomic mass is 35.5. The lowest BCUT2D eigenvalue weighted by molar-refractivity contribution is 0.0695. The van der Waals surface area contributed by atoms with Crippen molar-refractivity contribution in [1.29, 1.82) is 0 Å². The maximum atomic E-state index is 12.3. The van der Waals surface area contributed by atoms with Gasteiger partial charge in [0.1, 0.15) is 5.75 Å². The molecule has 2 N–H and O–H groups in total. The minimum atomic E-state index is -3.96. The van der Waals surface area contributed by atoms with Crippen molar-refractivity contribution >= 4 is 33.7 Å². The highest BCUT2D eigenvalue weighted by Gasteiger charge is 2.29. The summed E-state index contributed by atoms with van der Waals surface area (Å²) in [6.45, 7) is 2.51. The number of rotatable bonds is 6. The normalized spacial score (nSPS) is 15.2. The van der Waals surface area contributed by atoms with Crippen LogP contribution >= 0.6 is 11.6 Å². The molecule has 2 rings (SSSR count). The van der Waals surface area contributed by atoms with Crippen molar-refractivity contribution in [2.75, 3.05) is 19.7 Å². The molecule has 0 aliphatic carbocycles. The van der Waals surface area contributed by atoms with Crippen molar-refractivity contribution in [3.8, 4) is 5.75 Å². The monoisotopic (exact) mass is 376 g/mol. The van der Waals surface area contributed by atoms with E-state index in [-0.39, 0.29) is 28.5 Å². The number of carbonyl (C=O) groups is 2. The van der Waals surface area contributed by atoms with E-state index in [1.807, 2.05) is 4.72 Å². The van der Waals surface area contributed by atoms with Gasteiger partial charge in [0.25, 0.3) is 5.91 Å². The Labute approximate surface area is 144 Å². The number of carboxylic acid groups (broad SMARTS) is 1. The predicted molar refractivity (Wildman–Crippen MR) is 86.8 cm³/mol. The van der Waals surface area contributed by atoms with Crippen LogP contribution in [-0.2, 0) is 10.2 Å². The number of benzene rings is 1. The molecular weight excluding hydrogens is 360 g/mol. The number of carbonyl (C=O) groups excluding carboxylic acids is 1. The van der Waals surface area contributed by atoms with E-state index in [1.54, 1.807) is 6.92 Å². The molecule has 1 saturated heterocycles. The zero-order valence-corrected chi connectivity index (χ0v) is 14.5. The fourth-order valence-electron chi connectivity index (χ4n) is 2.33. The van der Waals surface area contributed by atoms with E-state index in [2.05, 4.69) is 0 Å². The van der Waals surface area contributed by atoms with Crippen molar-refractivity contribution < 1.29 is 27.9 Å². The summed E-state index contributed by atoms with van der Waals surface area (Å²) in [4.78, 5) is 23.5. The van der Waals surface area contributed by atoms with Crippen LogP contribution in [0.1, 0.15) is 40.5 Å². The van der Waals surface area contributed by atoms with E-state index in [9.17, 15) is 18.0 Å². The van der Waals surface area contributed by atoms with E-state index < -0.39 is 22.1 Å². The fraction of sp³-hybridized carbons (Fsp3) is 0.429. The summed E-state index contributed by atoms with van der Waals surface area (Å²) in [5.41, 5.74) is -0.381. The van der Waals surface area contributed by atoms with Gasteiger partial charge in [0.15, 0.2) is 0 Å². The molecule has 0 spiro atoms. The number of hydrogen-bond acceptors (Lipinski definition) is 5. The average Bonchev–Trinajstić information content (AvgIpc) is 3.03. The Balaban J connectivity index is 2.34. The number of hydrogen-bond donors (Lipinski definition) is 2. The number of ether oxygens (including phenoxy) is 1. The molecule has 1 heterocycles. The van der Waals surface area contributed by atoms with Crippen LogP contribution in [0.5, 0.6) is 5.75 Å². The SMILES string of the molecule is CCOc1cc(C(=O)O)c(Cl)cc1C(=O)NS(=O)(=O)N1CCCC1. The number of nitrogens with zero attached hydrogens (tertiary/aromatic N) is 1. The Bertz CT molecular complexity index is 759. The molecule has 0 radical (unpaired) electrons. The number of aromatic carboxylic acids is 1. The van der Waals surface area contributed by atoms with Crippen LogP contribution in [-0.4, -0.2) is 49.4 Å². The average molecular weight is 377 g/mol. The van der Waals surface area contributed by atoms with E-state index in [1.165, 1.54) is 4.31 Å². The Morgan fingerprint density at radius 3 is 2.46 bits per heavy atom. The summed E-state index contributed by atoms with van der Waals surface area (Å²) in [6, 6.07) is 2.19. The summed E-state index contributed by atoms with van der Waals surface area (Å²) in [5, 5.41) is 8.89. The number of carboxylic acids is 1. The van der Waals surface area contributed by atoms with Crippen LogP contribution in [0.25, 0.3) is 0 Å². The van der Waals surface area contributed by atoms with Crippen LogP contribution < -0.4 is 9.46 Å². The number of amides is 1. The van der Waals surface area contributed by atoms with E-state index in [4.69, 9.17) is 21.4 Å². The summed E-state index contributed by atoms with van der Waals surface area (Å²) < 4.78 is 32.7. The lowest BCUT2D eigenvalue weighted by Crippen LogP contribution is -2.42. The Kier molecular flexibility index (Phi) is 5.68. The largest absolute Gasteiger partial charge is 0.493 e. The zero-order valence-electron chi connectivity index (χ0n) is 12.9. The van der Waals surface area contributed by atoms with Gasteiger partial charge >= 0.3 is 16.2 Å². The van der Waals surface area contributed by atoms with Gasteiger partial charge < -0.3 is 9.84 Å². The summed E-state index contributed by atoms with van der Waals surface area (Å²) in [6.07, 6.45) is 1.47. The summed E-state index contributed by atoms with van der Waals surface area (Å²) in [5.74, 6) is -2.25. The van der Waals surface area contributed by atoms with Crippen molar-refractivity contribution in [3.05, 3.63) is 28.3 Å². The second-order valence-electron chi connectivity index (χ2n) is 5.11. The van der Waals surface area contributed by atoms with Gasteiger partial charge in [-0.15, -0.1) is 0 Å². The topological polar surface area (TPSA) is 113 Å². The summed E-state index contributed by atoms with van der Waals surface area (Å²) >= 11 is 5.86. The van der Waals surface area contributed by atoms with Crippen molar-refractivity contribution in [2.45, 2.75) is 19.8 Å². The maximum Gasteiger partial charge on any atom is 0.337 e. The molecule has 0 saturated carbocycles. The lowest BCUT2D eigenvalue weighted by atomic mass is 10.1. The van der Waals surface area contributed by atoms with Crippen LogP contribution in [0.2, 0.25) is 5.02 Å². The van der Waals surface area contributed by atoms with Gasteiger partial charge in [0.05, 0.1) is 22.8 Å². The Morgan fingerprint density at radius 2 is 1.92 bits per heavy atom. The molecule has 0 atom stereocenters. The highest BCUT2D eigenvalue weighted by Crippen LogP contribution is 2.28. The first-order valence-corrected chi connectivity index (χ1v) is 9.10. The minimum absolute atomic E-state index is 0.0478. The van der Waals surface area contributed by atoms with Crippen molar-refractivity contribution in [3.63, 3.8) is 0 Å². The second-order valence-corrected chi connectivity index (χ2v) is 7.19. The van der Waals surface area contributed by atoms with Gasteiger partial charge in [0, 0.05) is 13.1 Å². The third-order valence-electron chi connectivity index (χ3n) is 3.47. The van der Waals surface area contributed by atoms with Crippen molar-refractivity contribution in [1.82, 2.24) is 9.03 Å². The molecule has 0 aromatic heterocycles. The third kappa shape index (κ3) is 3.97. The molecule has 132 valence electrons. The number of nitrogens with one attached hydrogen (secondary N) is 1. The smallest absolute Gasteiger partial charge is 0.337 e. The van der Waals surface area contributed by atoms with Gasteiger partial charge in [-0.25, -0.2) is 9.52 Å².